The molecule has 0 spiro atoms. The quantitative estimate of drug-likeness (QED) is 0.537. The number of hydrogen-bond donors (Lipinski definition) is 1. The fourth-order valence-corrected chi connectivity index (χ4v) is 4.33. The topological polar surface area (TPSA) is 46.2 Å². The van der Waals surface area contributed by atoms with Gasteiger partial charge < -0.3 is 0 Å². The third-order valence-corrected chi connectivity index (χ3v) is 5.72. The second kappa shape index (κ2) is 6.95. The van der Waals surface area contributed by atoms with E-state index in [9.17, 15) is 9.59 Å². The van der Waals surface area contributed by atoms with E-state index in [1.54, 1.807) is 0 Å². The zero-order chi connectivity index (χ0) is 15.5. The van der Waals surface area contributed by atoms with E-state index in [4.69, 9.17) is 0 Å². The van der Waals surface area contributed by atoms with Crippen LogP contribution in [0.5, 0.6) is 0 Å². The highest BCUT2D eigenvalue weighted by Crippen LogP contribution is 2.36. The third-order valence-electron chi connectivity index (χ3n) is 4.77. The van der Waals surface area contributed by atoms with Gasteiger partial charge in [0.1, 0.15) is 0 Å². The van der Waals surface area contributed by atoms with E-state index in [2.05, 4.69) is 21.2 Å². The second-order valence-electron chi connectivity index (χ2n) is 6.32. The molecule has 0 saturated heterocycles. The minimum Gasteiger partial charge on any atom is -0.288 e. The maximum atomic E-state index is 12.2. The van der Waals surface area contributed by atoms with Gasteiger partial charge in [-0.15, -0.1) is 0 Å². The number of carbonyl (C=O) groups excluding carboxylic acids is 2. The standard InChI is InChI=1S/C18H22BrNO2/c19-15-9-7-5-3-1-2-4-6-8-13-12(15)10-11-14-16(13)18(22)20-17(14)21/h10-11,15H,1-9H2,(H,20,21,22). The maximum Gasteiger partial charge on any atom is 0.259 e. The summed E-state index contributed by atoms with van der Waals surface area (Å²) in [5.74, 6) is -0.469. The van der Waals surface area contributed by atoms with E-state index >= 15 is 0 Å². The van der Waals surface area contributed by atoms with Crippen molar-refractivity contribution in [3.8, 4) is 0 Å². The summed E-state index contributed by atoms with van der Waals surface area (Å²) >= 11 is 3.80. The molecule has 1 aromatic rings. The molecule has 0 fully saturated rings. The molecule has 1 atom stereocenters. The summed E-state index contributed by atoms with van der Waals surface area (Å²) in [6, 6.07) is 3.85. The van der Waals surface area contributed by atoms with Crippen LogP contribution in [0.15, 0.2) is 12.1 Å². The molecule has 1 N–H and O–H groups in total. The summed E-state index contributed by atoms with van der Waals surface area (Å²) in [5, 5.41) is 2.44. The number of nitrogens with one attached hydrogen (secondary N) is 1. The monoisotopic (exact) mass is 363 g/mol. The first kappa shape index (κ1) is 15.7. The molecular weight excluding hydrogens is 342 g/mol. The molecule has 1 aromatic carbocycles. The normalized spacial score (nSPS) is 23.0. The van der Waals surface area contributed by atoms with Gasteiger partial charge in [0.05, 0.1) is 11.1 Å². The molecule has 3 nitrogen and oxygen atoms in total. The van der Waals surface area contributed by atoms with Crippen LogP contribution in [-0.2, 0) is 6.42 Å². The molecule has 4 heteroatoms. The Morgan fingerprint density at radius 2 is 1.59 bits per heavy atom. The van der Waals surface area contributed by atoms with Crippen LogP contribution in [-0.4, -0.2) is 11.8 Å². The average molecular weight is 364 g/mol. The average Bonchev–Trinajstić information content (AvgIpc) is 2.79. The van der Waals surface area contributed by atoms with Gasteiger partial charge in [0.2, 0.25) is 0 Å². The predicted molar refractivity (Wildman–Crippen MR) is 90.5 cm³/mol. The van der Waals surface area contributed by atoms with Gasteiger partial charge in [0.15, 0.2) is 0 Å². The lowest BCUT2D eigenvalue weighted by molar-refractivity contribution is 0.0879. The number of hydrogen-bond acceptors (Lipinski definition) is 2. The summed E-state index contributed by atoms with van der Waals surface area (Å²) < 4.78 is 0. The highest BCUT2D eigenvalue weighted by atomic mass is 79.9. The Hall–Kier alpha value is -1.16. The molecular formula is C18H22BrNO2. The van der Waals surface area contributed by atoms with Crippen molar-refractivity contribution >= 4 is 27.7 Å². The number of halogens is 1. The van der Waals surface area contributed by atoms with Gasteiger partial charge in [-0.3, -0.25) is 14.9 Å². The first-order chi connectivity index (χ1) is 10.7. The SMILES string of the molecule is O=C1NC(=O)c2c1ccc1c2CCCCCCCCCC1Br. The highest BCUT2D eigenvalue weighted by molar-refractivity contribution is 9.09. The first-order valence-electron chi connectivity index (χ1n) is 8.34. The van der Waals surface area contributed by atoms with Gasteiger partial charge in [-0.2, -0.15) is 0 Å². The van der Waals surface area contributed by atoms with Crippen LogP contribution in [0.25, 0.3) is 0 Å². The number of rotatable bonds is 0. The number of amides is 2. The predicted octanol–water partition coefficient (Wildman–Crippen LogP) is 4.68. The molecule has 22 heavy (non-hydrogen) atoms. The van der Waals surface area contributed by atoms with Crippen molar-refractivity contribution in [2.75, 3.05) is 0 Å². The lowest BCUT2D eigenvalue weighted by Gasteiger charge is -2.18. The van der Waals surface area contributed by atoms with Crippen LogP contribution in [0, 0.1) is 0 Å². The summed E-state index contributed by atoms with van der Waals surface area (Å²) in [7, 11) is 0. The van der Waals surface area contributed by atoms with Gasteiger partial charge in [-0.05, 0) is 36.5 Å². The van der Waals surface area contributed by atoms with Crippen LogP contribution in [0.2, 0.25) is 0 Å². The smallest absolute Gasteiger partial charge is 0.259 e. The summed E-state index contributed by atoms with van der Waals surface area (Å²) in [6.45, 7) is 0. The number of benzene rings is 1. The van der Waals surface area contributed by atoms with Crippen LogP contribution in [0.4, 0.5) is 0 Å². The molecule has 2 aliphatic rings. The molecule has 3 rings (SSSR count). The number of carbonyl (C=O) groups is 2. The van der Waals surface area contributed by atoms with Gasteiger partial charge in [-0.1, -0.05) is 60.5 Å². The fraction of sp³-hybridized carbons (Fsp3) is 0.556. The minimum atomic E-state index is -0.250. The van der Waals surface area contributed by atoms with E-state index in [1.165, 1.54) is 44.1 Å². The van der Waals surface area contributed by atoms with Crippen molar-refractivity contribution in [1.29, 1.82) is 0 Å². The van der Waals surface area contributed by atoms with Crippen molar-refractivity contribution in [2.24, 2.45) is 0 Å². The molecule has 0 bridgehead atoms. The molecule has 2 amide bonds. The van der Waals surface area contributed by atoms with Crippen LogP contribution in [0.1, 0.15) is 88.0 Å². The van der Waals surface area contributed by atoms with Crippen molar-refractivity contribution in [3.05, 3.63) is 34.4 Å². The highest BCUT2D eigenvalue weighted by Gasteiger charge is 2.31. The van der Waals surface area contributed by atoms with Crippen LogP contribution < -0.4 is 5.32 Å². The molecule has 1 heterocycles. The van der Waals surface area contributed by atoms with Gasteiger partial charge >= 0.3 is 0 Å². The second-order valence-corrected chi connectivity index (χ2v) is 7.43. The zero-order valence-electron chi connectivity index (χ0n) is 12.8. The Balaban J connectivity index is 1.99. The minimum absolute atomic E-state index is 0.219. The Morgan fingerprint density at radius 1 is 0.909 bits per heavy atom. The van der Waals surface area contributed by atoms with E-state index in [-0.39, 0.29) is 16.6 Å². The van der Waals surface area contributed by atoms with Crippen molar-refractivity contribution < 1.29 is 9.59 Å². The van der Waals surface area contributed by atoms with Crippen LogP contribution in [0.3, 0.4) is 0 Å². The molecule has 1 aliphatic heterocycles. The summed E-state index contributed by atoms with van der Waals surface area (Å²) in [5.41, 5.74) is 3.46. The van der Waals surface area contributed by atoms with E-state index in [1.807, 2.05) is 12.1 Å². The number of imide groups is 1. The van der Waals surface area contributed by atoms with Crippen molar-refractivity contribution in [2.45, 2.75) is 62.6 Å². The first-order valence-corrected chi connectivity index (χ1v) is 9.25. The third kappa shape index (κ3) is 3.12. The maximum absolute atomic E-state index is 12.2. The molecule has 0 saturated carbocycles. The molecule has 0 radical (unpaired) electrons. The van der Waals surface area contributed by atoms with Crippen molar-refractivity contribution in [1.82, 2.24) is 5.32 Å². The van der Waals surface area contributed by atoms with Gasteiger partial charge in [0, 0.05) is 4.83 Å². The zero-order valence-corrected chi connectivity index (χ0v) is 14.4. The lowest BCUT2D eigenvalue weighted by Crippen LogP contribution is -2.20. The lowest BCUT2D eigenvalue weighted by atomic mass is 9.89. The van der Waals surface area contributed by atoms with E-state index in [0.717, 1.165) is 24.8 Å². The Kier molecular flexibility index (Phi) is 4.97. The molecule has 118 valence electrons. The summed E-state index contributed by atoms with van der Waals surface area (Å²) in [6.07, 6.45) is 10.7. The van der Waals surface area contributed by atoms with Gasteiger partial charge in [0.25, 0.3) is 11.8 Å². The Bertz CT molecular complexity index is 597. The van der Waals surface area contributed by atoms with Crippen molar-refractivity contribution in [3.63, 3.8) is 0 Å². The largest absolute Gasteiger partial charge is 0.288 e. The number of fused-ring (bicyclic) bond motifs is 3. The Morgan fingerprint density at radius 3 is 2.36 bits per heavy atom. The molecule has 1 unspecified atom stereocenters. The van der Waals surface area contributed by atoms with Gasteiger partial charge in [-0.25, -0.2) is 0 Å². The van der Waals surface area contributed by atoms with E-state index in [0.29, 0.717) is 11.1 Å². The summed E-state index contributed by atoms with van der Waals surface area (Å²) in [4.78, 5) is 24.3. The van der Waals surface area contributed by atoms with E-state index < -0.39 is 0 Å². The number of alkyl halides is 1. The fourth-order valence-electron chi connectivity index (χ4n) is 3.57. The molecule has 1 aliphatic carbocycles. The Labute approximate surface area is 140 Å². The molecule has 0 aromatic heterocycles. The van der Waals surface area contributed by atoms with Crippen LogP contribution >= 0.6 is 15.9 Å².